The van der Waals surface area contributed by atoms with E-state index in [1.807, 2.05) is 12.1 Å². The number of hydrogen-bond donors (Lipinski definition) is 2. The Balaban J connectivity index is 2.10. The number of nitrogens with two attached hydrogens (primary N) is 1. The molecule has 0 bridgehead atoms. The number of para-hydroxylation sites is 1. The molecule has 5 heteroatoms. The van der Waals surface area contributed by atoms with Crippen molar-refractivity contribution >= 4 is 11.6 Å². The lowest BCUT2D eigenvalue weighted by atomic mass is 10.0. The Morgan fingerprint density at radius 2 is 1.87 bits per heavy atom. The lowest BCUT2D eigenvalue weighted by molar-refractivity contribution is 0.397. The van der Waals surface area contributed by atoms with Crippen LogP contribution in [0.5, 0.6) is 5.88 Å². The van der Waals surface area contributed by atoms with Gasteiger partial charge in [-0.05, 0) is 29.5 Å². The number of rotatable bonds is 6. The van der Waals surface area contributed by atoms with Crippen LogP contribution >= 0.6 is 0 Å². The van der Waals surface area contributed by atoms with Crippen molar-refractivity contribution in [1.82, 2.24) is 4.98 Å². The fraction of sp³-hybridized carbons (Fsp3) is 0.333. The van der Waals surface area contributed by atoms with Crippen LogP contribution in [0.15, 0.2) is 41.5 Å². The number of aryl methyl sites for hydroxylation is 2. The number of anilines is 1. The lowest BCUT2D eigenvalue weighted by Crippen LogP contribution is -2.24. The Hall–Kier alpha value is -2.56. The molecule has 23 heavy (non-hydrogen) atoms. The summed E-state index contributed by atoms with van der Waals surface area (Å²) in [4.78, 5) is 8.56. The average molecular weight is 312 g/mol. The van der Waals surface area contributed by atoms with Crippen LogP contribution in [0.25, 0.3) is 0 Å². The third kappa shape index (κ3) is 4.45. The van der Waals surface area contributed by atoms with Crippen molar-refractivity contribution in [3.8, 4) is 5.88 Å². The minimum Gasteiger partial charge on any atom is -0.481 e. The topological polar surface area (TPSA) is 72.5 Å². The Morgan fingerprint density at radius 3 is 2.39 bits per heavy atom. The van der Waals surface area contributed by atoms with Gasteiger partial charge in [-0.1, -0.05) is 38.1 Å². The molecule has 0 saturated heterocycles. The van der Waals surface area contributed by atoms with E-state index in [1.54, 1.807) is 13.3 Å². The minimum absolute atomic E-state index is 0.413. The van der Waals surface area contributed by atoms with E-state index >= 15 is 0 Å². The molecule has 0 spiro atoms. The number of hydrogen-bond acceptors (Lipinski definition) is 3. The predicted octanol–water partition coefficient (Wildman–Crippen LogP) is 3.14. The first-order chi connectivity index (χ1) is 11.2. The molecule has 1 aromatic carbocycles. The zero-order chi connectivity index (χ0) is 16.7. The number of methoxy groups -OCH3 is 1. The fourth-order valence-electron chi connectivity index (χ4n) is 2.37. The molecule has 1 aromatic heterocycles. The van der Waals surface area contributed by atoms with E-state index < -0.39 is 0 Å². The molecule has 1 heterocycles. The van der Waals surface area contributed by atoms with E-state index in [4.69, 9.17) is 10.5 Å². The highest BCUT2D eigenvalue weighted by Gasteiger charge is 2.07. The summed E-state index contributed by atoms with van der Waals surface area (Å²) in [5.41, 5.74) is 10.6. The second kappa shape index (κ2) is 8.17. The fourth-order valence-corrected chi connectivity index (χ4v) is 2.37. The number of nitrogens with zero attached hydrogens (tertiary/aromatic N) is 2. The van der Waals surface area contributed by atoms with E-state index in [9.17, 15) is 0 Å². The molecule has 5 nitrogen and oxygen atoms in total. The first kappa shape index (κ1) is 16.8. The van der Waals surface area contributed by atoms with Crippen molar-refractivity contribution in [2.24, 2.45) is 10.7 Å². The average Bonchev–Trinajstić information content (AvgIpc) is 2.60. The highest BCUT2D eigenvalue weighted by molar-refractivity contribution is 5.93. The second-order valence-electron chi connectivity index (χ2n) is 5.19. The van der Waals surface area contributed by atoms with Gasteiger partial charge in [-0.3, -0.25) is 0 Å². The summed E-state index contributed by atoms with van der Waals surface area (Å²) in [5, 5.41) is 3.26. The number of benzene rings is 1. The Morgan fingerprint density at radius 1 is 1.17 bits per heavy atom. The number of pyridine rings is 1. The number of ether oxygens (including phenoxy) is 1. The van der Waals surface area contributed by atoms with Gasteiger partial charge in [0.05, 0.1) is 13.7 Å². The van der Waals surface area contributed by atoms with Crippen LogP contribution in [-0.2, 0) is 19.4 Å². The molecule has 2 aromatic rings. The summed E-state index contributed by atoms with van der Waals surface area (Å²) in [5.74, 6) is 1.00. The molecule has 0 unspecified atom stereocenters. The van der Waals surface area contributed by atoms with Crippen molar-refractivity contribution in [2.45, 2.75) is 33.2 Å². The van der Waals surface area contributed by atoms with Crippen molar-refractivity contribution in [3.05, 3.63) is 53.2 Å². The molecule has 0 fully saturated rings. The van der Waals surface area contributed by atoms with Gasteiger partial charge < -0.3 is 15.8 Å². The van der Waals surface area contributed by atoms with Crippen LogP contribution in [-0.4, -0.2) is 18.1 Å². The number of guanidine groups is 1. The molecule has 0 radical (unpaired) electrons. The van der Waals surface area contributed by atoms with E-state index in [0.717, 1.165) is 24.1 Å². The van der Waals surface area contributed by atoms with Crippen LogP contribution < -0.4 is 15.8 Å². The van der Waals surface area contributed by atoms with Crippen LogP contribution in [0.3, 0.4) is 0 Å². The Labute approximate surface area is 137 Å². The highest BCUT2D eigenvalue weighted by Crippen LogP contribution is 2.22. The molecule has 122 valence electrons. The predicted molar refractivity (Wildman–Crippen MR) is 94.9 cm³/mol. The SMILES string of the molecule is CCc1cccc(CC)c1NC(N)=NCc1ccc(OC)nc1. The summed E-state index contributed by atoms with van der Waals surface area (Å²) in [6.07, 6.45) is 3.64. The van der Waals surface area contributed by atoms with Crippen LogP contribution in [0, 0.1) is 0 Å². The van der Waals surface area contributed by atoms with Gasteiger partial charge in [-0.2, -0.15) is 0 Å². The van der Waals surface area contributed by atoms with Gasteiger partial charge in [0, 0.05) is 18.0 Å². The van der Waals surface area contributed by atoms with Crippen LogP contribution in [0.1, 0.15) is 30.5 Å². The smallest absolute Gasteiger partial charge is 0.212 e. The maximum atomic E-state index is 6.05. The maximum absolute atomic E-state index is 6.05. The first-order valence-corrected chi connectivity index (χ1v) is 7.84. The number of aliphatic imine (C=N–C) groups is 1. The monoisotopic (exact) mass is 312 g/mol. The molecular weight excluding hydrogens is 288 g/mol. The lowest BCUT2D eigenvalue weighted by Gasteiger charge is -2.14. The molecule has 2 rings (SSSR count). The van der Waals surface area contributed by atoms with Crippen LogP contribution in [0.4, 0.5) is 5.69 Å². The maximum Gasteiger partial charge on any atom is 0.212 e. The van der Waals surface area contributed by atoms with Crippen molar-refractivity contribution in [3.63, 3.8) is 0 Å². The Bertz CT molecular complexity index is 643. The second-order valence-corrected chi connectivity index (χ2v) is 5.19. The molecule has 0 aliphatic rings. The van der Waals surface area contributed by atoms with Crippen molar-refractivity contribution in [1.29, 1.82) is 0 Å². The third-order valence-corrected chi connectivity index (χ3v) is 3.69. The summed E-state index contributed by atoms with van der Waals surface area (Å²) in [6.45, 7) is 4.75. The molecule has 0 atom stereocenters. The molecule has 0 aliphatic carbocycles. The zero-order valence-electron chi connectivity index (χ0n) is 14.0. The minimum atomic E-state index is 0.413. The summed E-state index contributed by atoms with van der Waals surface area (Å²) in [6, 6.07) is 10.1. The zero-order valence-corrected chi connectivity index (χ0v) is 14.0. The third-order valence-electron chi connectivity index (χ3n) is 3.69. The standard InChI is InChI=1S/C18H24N4O/c1-4-14-7-6-8-15(5-2)17(14)22-18(19)21-12-13-9-10-16(23-3)20-11-13/h6-11H,4-5,12H2,1-3H3,(H3,19,21,22). The van der Waals surface area contributed by atoms with Crippen molar-refractivity contribution in [2.75, 3.05) is 12.4 Å². The van der Waals surface area contributed by atoms with Gasteiger partial charge in [0.25, 0.3) is 0 Å². The number of nitrogens with one attached hydrogen (secondary N) is 1. The van der Waals surface area contributed by atoms with E-state index in [0.29, 0.717) is 18.4 Å². The van der Waals surface area contributed by atoms with Gasteiger partial charge in [0.15, 0.2) is 5.96 Å². The molecular formula is C18H24N4O. The van der Waals surface area contributed by atoms with Gasteiger partial charge in [-0.15, -0.1) is 0 Å². The van der Waals surface area contributed by atoms with Gasteiger partial charge in [0.2, 0.25) is 5.88 Å². The number of aromatic nitrogens is 1. The summed E-state index contributed by atoms with van der Waals surface area (Å²) < 4.78 is 5.04. The van der Waals surface area contributed by atoms with E-state index in [1.165, 1.54) is 11.1 Å². The molecule has 0 saturated carbocycles. The van der Waals surface area contributed by atoms with Gasteiger partial charge >= 0.3 is 0 Å². The molecule has 0 aliphatic heterocycles. The summed E-state index contributed by atoms with van der Waals surface area (Å²) >= 11 is 0. The molecule has 0 amide bonds. The largest absolute Gasteiger partial charge is 0.481 e. The Kier molecular flexibility index (Phi) is 5.97. The summed E-state index contributed by atoms with van der Waals surface area (Å²) in [7, 11) is 1.60. The normalized spacial score (nSPS) is 11.3. The van der Waals surface area contributed by atoms with Crippen molar-refractivity contribution < 1.29 is 4.74 Å². The van der Waals surface area contributed by atoms with Gasteiger partial charge in [0.1, 0.15) is 0 Å². The molecule has 3 N–H and O–H groups in total. The van der Waals surface area contributed by atoms with Crippen LogP contribution in [0.2, 0.25) is 0 Å². The highest BCUT2D eigenvalue weighted by atomic mass is 16.5. The quantitative estimate of drug-likeness (QED) is 0.635. The first-order valence-electron chi connectivity index (χ1n) is 7.84. The van der Waals surface area contributed by atoms with Gasteiger partial charge in [-0.25, -0.2) is 9.98 Å². The van der Waals surface area contributed by atoms with E-state index in [-0.39, 0.29) is 0 Å². The van der Waals surface area contributed by atoms with E-state index in [2.05, 4.69) is 47.3 Å².